The van der Waals surface area contributed by atoms with Gasteiger partial charge in [-0.3, -0.25) is 9.78 Å². The first-order valence-electron chi connectivity index (χ1n) is 8.12. The van der Waals surface area contributed by atoms with Crippen LogP contribution in [0.25, 0.3) is 11.5 Å². The van der Waals surface area contributed by atoms with Crippen molar-refractivity contribution in [2.45, 2.75) is 25.5 Å². The van der Waals surface area contributed by atoms with Crippen LogP contribution in [0.4, 0.5) is 5.69 Å². The van der Waals surface area contributed by atoms with Gasteiger partial charge in [0, 0.05) is 17.2 Å². The van der Waals surface area contributed by atoms with E-state index < -0.39 is 0 Å². The van der Waals surface area contributed by atoms with E-state index in [-0.39, 0.29) is 11.7 Å². The standard InChI is InChI=1S/C18H18BrN5OS/c1-3-24-17(15-6-4-5-9-20-15)22-23-18(24)26-11-16(25)21-14-8-7-12(2)10-13(14)19/h4-10H,3,11H2,1-2H3,(H,21,25). The van der Waals surface area contributed by atoms with Crippen molar-refractivity contribution in [2.24, 2.45) is 0 Å². The predicted octanol–water partition coefficient (Wildman–Crippen LogP) is 4.16. The third kappa shape index (κ3) is 4.31. The Bertz CT molecular complexity index is 913. The second-order valence-corrected chi connectivity index (χ2v) is 7.38. The highest BCUT2D eigenvalue weighted by Gasteiger charge is 2.15. The Morgan fingerprint density at radius 3 is 2.81 bits per heavy atom. The summed E-state index contributed by atoms with van der Waals surface area (Å²) in [5.41, 5.74) is 2.65. The van der Waals surface area contributed by atoms with E-state index in [0.717, 1.165) is 21.4 Å². The van der Waals surface area contributed by atoms with Crippen LogP contribution in [0.1, 0.15) is 12.5 Å². The molecule has 0 aliphatic rings. The fraction of sp³-hybridized carbons (Fsp3) is 0.222. The second-order valence-electron chi connectivity index (χ2n) is 5.59. The molecule has 0 aliphatic carbocycles. The molecule has 0 atom stereocenters. The van der Waals surface area contributed by atoms with Crippen LogP contribution in [0, 0.1) is 6.92 Å². The molecule has 134 valence electrons. The summed E-state index contributed by atoms with van der Waals surface area (Å²) in [7, 11) is 0. The largest absolute Gasteiger partial charge is 0.324 e. The molecule has 1 N–H and O–H groups in total. The number of aryl methyl sites for hydroxylation is 1. The zero-order valence-electron chi connectivity index (χ0n) is 14.4. The molecular formula is C18H18BrN5OS. The first-order valence-corrected chi connectivity index (χ1v) is 9.89. The number of nitrogens with one attached hydrogen (secondary N) is 1. The SMILES string of the molecule is CCn1c(SCC(=O)Nc2ccc(C)cc2Br)nnc1-c1ccccn1. The molecule has 0 saturated heterocycles. The molecule has 2 heterocycles. The lowest BCUT2D eigenvalue weighted by Crippen LogP contribution is -2.15. The number of thioether (sulfide) groups is 1. The van der Waals surface area contributed by atoms with Gasteiger partial charge in [0.25, 0.3) is 0 Å². The molecule has 0 fully saturated rings. The number of hydrogen-bond donors (Lipinski definition) is 1. The van der Waals surface area contributed by atoms with Crippen LogP contribution in [-0.2, 0) is 11.3 Å². The van der Waals surface area contributed by atoms with Gasteiger partial charge in [0.05, 0.1) is 11.4 Å². The monoisotopic (exact) mass is 431 g/mol. The predicted molar refractivity (Wildman–Crippen MR) is 107 cm³/mol. The zero-order chi connectivity index (χ0) is 18.5. The molecule has 3 aromatic rings. The number of aromatic nitrogens is 4. The molecule has 0 unspecified atom stereocenters. The van der Waals surface area contributed by atoms with Crippen molar-refractivity contribution in [3.05, 3.63) is 52.6 Å². The fourth-order valence-electron chi connectivity index (χ4n) is 2.40. The van der Waals surface area contributed by atoms with Crippen LogP contribution in [0.2, 0.25) is 0 Å². The molecule has 26 heavy (non-hydrogen) atoms. The number of carbonyl (C=O) groups is 1. The van der Waals surface area contributed by atoms with Gasteiger partial charge >= 0.3 is 0 Å². The zero-order valence-corrected chi connectivity index (χ0v) is 16.8. The maximum absolute atomic E-state index is 12.3. The average molecular weight is 432 g/mol. The summed E-state index contributed by atoms with van der Waals surface area (Å²) in [6.45, 7) is 4.72. The summed E-state index contributed by atoms with van der Waals surface area (Å²) in [4.78, 5) is 16.6. The van der Waals surface area contributed by atoms with Gasteiger partial charge < -0.3 is 9.88 Å². The highest BCUT2D eigenvalue weighted by Crippen LogP contribution is 2.25. The molecule has 8 heteroatoms. The number of rotatable bonds is 6. The van der Waals surface area contributed by atoms with Gasteiger partial charge in [0.15, 0.2) is 11.0 Å². The Labute approximate surface area is 164 Å². The van der Waals surface area contributed by atoms with Crippen molar-refractivity contribution in [3.63, 3.8) is 0 Å². The molecule has 0 spiro atoms. The number of amides is 1. The summed E-state index contributed by atoms with van der Waals surface area (Å²) in [6, 6.07) is 11.5. The summed E-state index contributed by atoms with van der Waals surface area (Å²) in [5.74, 6) is 0.864. The van der Waals surface area contributed by atoms with E-state index in [1.54, 1.807) is 6.20 Å². The van der Waals surface area contributed by atoms with Crippen molar-refractivity contribution in [2.75, 3.05) is 11.1 Å². The lowest BCUT2D eigenvalue weighted by molar-refractivity contribution is -0.113. The van der Waals surface area contributed by atoms with Crippen LogP contribution in [0.3, 0.4) is 0 Å². The van der Waals surface area contributed by atoms with Gasteiger partial charge in [-0.2, -0.15) is 0 Å². The lowest BCUT2D eigenvalue weighted by atomic mass is 10.2. The van der Waals surface area contributed by atoms with Crippen LogP contribution in [0.15, 0.2) is 52.2 Å². The van der Waals surface area contributed by atoms with E-state index in [0.29, 0.717) is 17.5 Å². The van der Waals surface area contributed by atoms with Gasteiger partial charge in [-0.05, 0) is 59.6 Å². The van der Waals surface area contributed by atoms with Crippen molar-refractivity contribution in [1.82, 2.24) is 19.7 Å². The van der Waals surface area contributed by atoms with E-state index in [9.17, 15) is 4.79 Å². The summed E-state index contributed by atoms with van der Waals surface area (Å²) < 4.78 is 2.83. The summed E-state index contributed by atoms with van der Waals surface area (Å²) >= 11 is 4.83. The van der Waals surface area contributed by atoms with Crippen LogP contribution in [0.5, 0.6) is 0 Å². The van der Waals surface area contributed by atoms with Crippen molar-refractivity contribution in [1.29, 1.82) is 0 Å². The highest BCUT2D eigenvalue weighted by molar-refractivity contribution is 9.10. The molecule has 3 rings (SSSR count). The van der Waals surface area contributed by atoms with Crippen molar-refractivity contribution < 1.29 is 4.79 Å². The van der Waals surface area contributed by atoms with E-state index in [1.165, 1.54) is 11.8 Å². The number of halogens is 1. The third-order valence-corrected chi connectivity index (χ3v) is 5.28. The first kappa shape index (κ1) is 18.6. The van der Waals surface area contributed by atoms with E-state index >= 15 is 0 Å². The topological polar surface area (TPSA) is 72.7 Å². The Morgan fingerprint density at radius 2 is 2.12 bits per heavy atom. The summed E-state index contributed by atoms with van der Waals surface area (Å²) in [5, 5.41) is 12.1. The number of hydrogen-bond acceptors (Lipinski definition) is 5. The minimum atomic E-state index is -0.0930. The van der Waals surface area contributed by atoms with E-state index in [4.69, 9.17) is 0 Å². The number of nitrogens with zero attached hydrogens (tertiary/aromatic N) is 4. The van der Waals surface area contributed by atoms with Crippen molar-refractivity contribution >= 4 is 39.3 Å². The van der Waals surface area contributed by atoms with Crippen molar-refractivity contribution in [3.8, 4) is 11.5 Å². The molecule has 1 aromatic carbocycles. The molecule has 0 aliphatic heterocycles. The Balaban J connectivity index is 1.68. The maximum Gasteiger partial charge on any atom is 0.234 e. The highest BCUT2D eigenvalue weighted by atomic mass is 79.9. The Kier molecular flexibility index (Phi) is 6.05. The normalized spacial score (nSPS) is 10.7. The van der Waals surface area contributed by atoms with Crippen LogP contribution in [-0.4, -0.2) is 31.4 Å². The molecule has 1 amide bonds. The molecule has 0 radical (unpaired) electrons. The average Bonchev–Trinajstić information content (AvgIpc) is 3.06. The van der Waals surface area contributed by atoms with Gasteiger partial charge in [-0.1, -0.05) is 23.9 Å². The molecule has 0 saturated carbocycles. The van der Waals surface area contributed by atoms with Gasteiger partial charge in [-0.25, -0.2) is 0 Å². The minimum absolute atomic E-state index is 0.0930. The third-order valence-electron chi connectivity index (χ3n) is 3.66. The number of pyridine rings is 1. The fourth-order valence-corrected chi connectivity index (χ4v) is 3.80. The molecular weight excluding hydrogens is 414 g/mol. The molecule has 2 aromatic heterocycles. The summed E-state index contributed by atoms with van der Waals surface area (Å²) in [6.07, 6.45) is 1.73. The van der Waals surface area contributed by atoms with E-state index in [2.05, 4.69) is 36.4 Å². The second kappa shape index (κ2) is 8.46. The molecule has 0 bridgehead atoms. The van der Waals surface area contributed by atoms with Gasteiger partial charge in [0.2, 0.25) is 5.91 Å². The minimum Gasteiger partial charge on any atom is -0.324 e. The quantitative estimate of drug-likeness (QED) is 0.593. The molecule has 6 nitrogen and oxygen atoms in total. The van der Waals surface area contributed by atoms with Crippen LogP contribution < -0.4 is 5.32 Å². The lowest BCUT2D eigenvalue weighted by Gasteiger charge is -2.09. The maximum atomic E-state index is 12.3. The smallest absolute Gasteiger partial charge is 0.234 e. The number of anilines is 1. The van der Waals surface area contributed by atoms with Crippen LogP contribution >= 0.6 is 27.7 Å². The van der Waals surface area contributed by atoms with Gasteiger partial charge in [-0.15, -0.1) is 10.2 Å². The number of benzene rings is 1. The first-order chi connectivity index (χ1) is 12.6. The Hall–Kier alpha value is -2.19. The van der Waals surface area contributed by atoms with Gasteiger partial charge in [0.1, 0.15) is 5.69 Å². The Morgan fingerprint density at radius 1 is 1.27 bits per heavy atom. The number of carbonyl (C=O) groups excluding carboxylic acids is 1. The van der Waals surface area contributed by atoms with E-state index in [1.807, 2.05) is 54.8 Å².